The molecule has 0 aromatic carbocycles. The molecular weight excluding hydrogens is 612 g/mol. The van der Waals surface area contributed by atoms with Crippen LogP contribution in [0.25, 0.3) is 10.6 Å². The number of aromatic nitrogens is 4. The molecule has 5 rings (SSSR count). The number of nitrogens with zero attached hydrogens (tertiary/aromatic N) is 6. The topological polar surface area (TPSA) is 81.9 Å². The number of fused-ring (bicyclic) bond motifs is 1. The molecule has 1 saturated heterocycles. The van der Waals surface area contributed by atoms with Crippen molar-refractivity contribution in [2.45, 2.75) is 16.8 Å². The SMILES string of the molecule is N=C1c2sc(-c3ccc(N4CCC(I)C4)nc3I)nc2CCN1c1ncccn1. The van der Waals surface area contributed by atoms with Crippen molar-refractivity contribution in [2.75, 3.05) is 29.4 Å². The Morgan fingerprint density at radius 3 is 2.69 bits per heavy atom. The lowest BCUT2D eigenvalue weighted by molar-refractivity contribution is 0.848. The van der Waals surface area contributed by atoms with Crippen LogP contribution in [0.1, 0.15) is 17.0 Å². The molecule has 148 valence electrons. The van der Waals surface area contributed by atoms with E-state index in [0.29, 0.717) is 22.3 Å². The van der Waals surface area contributed by atoms with Gasteiger partial charge in [0.2, 0.25) is 5.95 Å². The zero-order valence-corrected chi connectivity index (χ0v) is 20.5. The molecule has 5 heterocycles. The Hall–Kier alpha value is -1.41. The standard InChI is InChI=1S/C19H17I2N7S/c20-11-4-8-27(10-11)14-3-2-12(16(21)26-14)18-25-13-5-9-28(17(22)15(13)29-18)19-23-6-1-7-24-19/h1-3,6-7,11,22H,4-5,8-10H2. The summed E-state index contributed by atoms with van der Waals surface area (Å²) in [6, 6.07) is 6.01. The lowest BCUT2D eigenvalue weighted by atomic mass is 10.1. The minimum Gasteiger partial charge on any atom is -0.355 e. The first kappa shape index (κ1) is 19.5. The molecule has 1 unspecified atom stereocenters. The van der Waals surface area contributed by atoms with Gasteiger partial charge in [0.25, 0.3) is 0 Å². The van der Waals surface area contributed by atoms with Crippen molar-refractivity contribution in [1.29, 1.82) is 5.41 Å². The maximum absolute atomic E-state index is 8.65. The maximum atomic E-state index is 8.65. The second-order valence-corrected chi connectivity index (χ2v) is 10.7. The number of anilines is 2. The summed E-state index contributed by atoms with van der Waals surface area (Å²) in [7, 11) is 0. The van der Waals surface area contributed by atoms with Gasteiger partial charge in [-0.15, -0.1) is 11.3 Å². The zero-order valence-electron chi connectivity index (χ0n) is 15.3. The largest absolute Gasteiger partial charge is 0.355 e. The number of amidine groups is 1. The summed E-state index contributed by atoms with van der Waals surface area (Å²) < 4.78 is 1.65. The quantitative estimate of drug-likeness (QED) is 0.268. The summed E-state index contributed by atoms with van der Waals surface area (Å²) in [5.41, 5.74) is 2.02. The average molecular weight is 629 g/mol. The number of halogens is 2. The number of hydrogen-bond acceptors (Lipinski definition) is 7. The van der Waals surface area contributed by atoms with E-state index in [-0.39, 0.29) is 0 Å². The van der Waals surface area contributed by atoms with Crippen LogP contribution in [0.4, 0.5) is 11.8 Å². The summed E-state index contributed by atoms with van der Waals surface area (Å²) in [5, 5.41) is 9.58. The molecule has 1 atom stereocenters. The van der Waals surface area contributed by atoms with Gasteiger partial charge in [-0.1, -0.05) is 22.6 Å². The van der Waals surface area contributed by atoms with Crippen LogP contribution in [0.3, 0.4) is 0 Å². The van der Waals surface area contributed by atoms with Crippen molar-refractivity contribution in [2.24, 2.45) is 0 Å². The molecule has 2 aliphatic rings. The van der Waals surface area contributed by atoms with Gasteiger partial charge >= 0.3 is 0 Å². The Morgan fingerprint density at radius 1 is 1.14 bits per heavy atom. The van der Waals surface area contributed by atoms with Crippen molar-refractivity contribution in [3.63, 3.8) is 0 Å². The zero-order chi connectivity index (χ0) is 20.0. The number of pyridine rings is 1. The van der Waals surface area contributed by atoms with Gasteiger partial charge in [0.15, 0.2) is 0 Å². The predicted octanol–water partition coefficient (Wildman–Crippen LogP) is 4.00. The van der Waals surface area contributed by atoms with Gasteiger partial charge < -0.3 is 4.90 Å². The van der Waals surface area contributed by atoms with E-state index >= 15 is 0 Å². The van der Waals surface area contributed by atoms with Crippen molar-refractivity contribution in [3.05, 3.63) is 44.9 Å². The van der Waals surface area contributed by atoms with Crippen molar-refractivity contribution in [1.82, 2.24) is 19.9 Å². The Morgan fingerprint density at radius 2 is 1.97 bits per heavy atom. The van der Waals surface area contributed by atoms with Gasteiger partial charge in [-0.2, -0.15) is 0 Å². The summed E-state index contributed by atoms with van der Waals surface area (Å²) >= 11 is 6.37. The Labute approximate surface area is 199 Å². The fourth-order valence-electron chi connectivity index (χ4n) is 3.59. The number of nitrogens with one attached hydrogen (secondary N) is 1. The van der Waals surface area contributed by atoms with E-state index in [1.54, 1.807) is 29.8 Å². The molecule has 10 heteroatoms. The first-order valence-electron chi connectivity index (χ1n) is 9.29. The van der Waals surface area contributed by atoms with Crippen molar-refractivity contribution < 1.29 is 0 Å². The van der Waals surface area contributed by atoms with Gasteiger partial charge in [-0.3, -0.25) is 10.3 Å². The van der Waals surface area contributed by atoms with Crippen LogP contribution in [0.15, 0.2) is 30.6 Å². The summed E-state index contributed by atoms with van der Waals surface area (Å²) in [4.78, 5) is 23.4. The maximum Gasteiger partial charge on any atom is 0.231 e. The third-order valence-corrected chi connectivity index (χ3v) is 8.04. The Bertz CT molecular complexity index is 1070. The lowest BCUT2D eigenvalue weighted by Crippen LogP contribution is -2.38. The van der Waals surface area contributed by atoms with Crippen LogP contribution in [-0.4, -0.2) is 49.3 Å². The second-order valence-electron chi connectivity index (χ2n) is 6.93. The van der Waals surface area contributed by atoms with E-state index < -0.39 is 0 Å². The van der Waals surface area contributed by atoms with E-state index in [9.17, 15) is 0 Å². The second kappa shape index (κ2) is 8.02. The molecule has 1 N–H and O–H groups in total. The fraction of sp³-hybridized carbons (Fsp3) is 0.316. The van der Waals surface area contributed by atoms with E-state index in [2.05, 4.69) is 72.2 Å². The van der Waals surface area contributed by atoms with Gasteiger partial charge in [0.05, 0.1) is 10.6 Å². The molecule has 0 saturated carbocycles. The minimum atomic E-state index is 0.422. The molecule has 3 aromatic rings. The normalized spacial score (nSPS) is 19.0. The molecule has 0 spiro atoms. The van der Waals surface area contributed by atoms with Crippen LogP contribution in [-0.2, 0) is 6.42 Å². The van der Waals surface area contributed by atoms with Gasteiger partial charge in [0.1, 0.15) is 20.4 Å². The highest BCUT2D eigenvalue weighted by molar-refractivity contribution is 14.1. The molecule has 7 nitrogen and oxygen atoms in total. The predicted molar refractivity (Wildman–Crippen MR) is 133 cm³/mol. The number of alkyl halides is 1. The third kappa shape index (κ3) is 3.74. The van der Waals surface area contributed by atoms with Crippen LogP contribution in [0.2, 0.25) is 0 Å². The molecule has 0 aliphatic carbocycles. The molecule has 1 fully saturated rings. The summed E-state index contributed by atoms with van der Waals surface area (Å²) in [6.07, 6.45) is 5.40. The number of rotatable bonds is 3. The molecule has 29 heavy (non-hydrogen) atoms. The van der Waals surface area contributed by atoms with Gasteiger partial charge in [-0.25, -0.2) is 19.9 Å². The monoisotopic (exact) mass is 629 g/mol. The Balaban J connectivity index is 1.43. The first-order valence-corrected chi connectivity index (χ1v) is 12.4. The van der Waals surface area contributed by atoms with Crippen LogP contribution in [0.5, 0.6) is 0 Å². The fourth-order valence-corrected chi connectivity index (χ4v) is 6.31. The molecule has 2 aliphatic heterocycles. The van der Waals surface area contributed by atoms with E-state index in [0.717, 1.165) is 50.2 Å². The average Bonchev–Trinajstić information content (AvgIpc) is 3.36. The van der Waals surface area contributed by atoms with Crippen molar-refractivity contribution >= 4 is 74.1 Å². The van der Waals surface area contributed by atoms with Gasteiger partial charge in [-0.05, 0) is 47.2 Å². The van der Waals surface area contributed by atoms with E-state index in [1.807, 2.05) is 4.90 Å². The highest BCUT2D eigenvalue weighted by atomic mass is 127. The lowest BCUT2D eigenvalue weighted by Gasteiger charge is -2.26. The number of hydrogen-bond donors (Lipinski definition) is 1. The van der Waals surface area contributed by atoms with Crippen LogP contribution < -0.4 is 9.80 Å². The number of thiazole rings is 1. The van der Waals surface area contributed by atoms with Gasteiger partial charge in [0, 0.05) is 47.9 Å². The molecule has 0 amide bonds. The smallest absolute Gasteiger partial charge is 0.231 e. The van der Waals surface area contributed by atoms with E-state index in [4.69, 9.17) is 15.4 Å². The molecule has 0 bridgehead atoms. The summed E-state index contributed by atoms with van der Waals surface area (Å²) in [6.45, 7) is 2.79. The van der Waals surface area contributed by atoms with Crippen LogP contribution >= 0.6 is 56.5 Å². The highest BCUT2D eigenvalue weighted by Crippen LogP contribution is 2.35. The summed E-state index contributed by atoms with van der Waals surface area (Å²) in [5.74, 6) is 2.03. The molecule has 0 radical (unpaired) electrons. The first-order chi connectivity index (χ1) is 14.1. The molecular formula is C19H17I2N7S. The Kier molecular flexibility index (Phi) is 5.41. The van der Waals surface area contributed by atoms with E-state index in [1.165, 1.54) is 6.42 Å². The molecule has 3 aromatic heterocycles. The van der Waals surface area contributed by atoms with Crippen LogP contribution in [0, 0.1) is 9.11 Å². The van der Waals surface area contributed by atoms with Crippen molar-refractivity contribution in [3.8, 4) is 10.6 Å². The minimum absolute atomic E-state index is 0.422. The highest BCUT2D eigenvalue weighted by Gasteiger charge is 2.29. The third-order valence-electron chi connectivity index (χ3n) is 5.07.